The van der Waals surface area contributed by atoms with E-state index in [-0.39, 0.29) is 12.5 Å². The molecule has 3 rings (SSSR count). The summed E-state index contributed by atoms with van der Waals surface area (Å²) < 4.78 is 7.45. The van der Waals surface area contributed by atoms with Crippen molar-refractivity contribution >= 4 is 16.8 Å². The van der Waals surface area contributed by atoms with Gasteiger partial charge < -0.3 is 19.7 Å². The molecule has 0 aliphatic heterocycles. The van der Waals surface area contributed by atoms with Crippen LogP contribution in [0.25, 0.3) is 10.9 Å². The van der Waals surface area contributed by atoms with E-state index in [1.54, 1.807) is 7.11 Å². The van der Waals surface area contributed by atoms with Crippen LogP contribution in [0.4, 0.5) is 0 Å². The van der Waals surface area contributed by atoms with Gasteiger partial charge in [0.15, 0.2) is 0 Å². The zero-order valence-corrected chi connectivity index (χ0v) is 15.4. The molecule has 25 heavy (non-hydrogen) atoms. The summed E-state index contributed by atoms with van der Waals surface area (Å²) in [5, 5.41) is 13.9. The molecule has 1 heterocycles. The smallest absolute Gasteiger partial charge is 0.251 e. The Balaban J connectivity index is 1.90. The average Bonchev–Trinajstić information content (AvgIpc) is 3.18. The maximum absolute atomic E-state index is 12.7. The van der Waals surface area contributed by atoms with Crippen molar-refractivity contribution in [3.05, 3.63) is 35.0 Å². The number of fused-ring (bicyclic) bond motifs is 1. The summed E-state index contributed by atoms with van der Waals surface area (Å²) in [5.74, 6) is -0.0976. The van der Waals surface area contributed by atoms with Crippen LogP contribution in [0.1, 0.15) is 47.3 Å². The van der Waals surface area contributed by atoms with Gasteiger partial charge in [-0.3, -0.25) is 4.79 Å². The van der Waals surface area contributed by atoms with Crippen LogP contribution in [-0.2, 0) is 11.3 Å². The van der Waals surface area contributed by atoms with Gasteiger partial charge in [-0.1, -0.05) is 12.8 Å². The number of hydrogen-bond donors (Lipinski definition) is 2. The Morgan fingerprint density at radius 3 is 2.68 bits per heavy atom. The highest BCUT2D eigenvalue weighted by molar-refractivity contribution is 5.99. The second kappa shape index (κ2) is 7.18. The van der Waals surface area contributed by atoms with E-state index in [9.17, 15) is 9.90 Å². The Morgan fingerprint density at radius 1 is 1.32 bits per heavy atom. The number of ether oxygens (including phenoxy) is 1. The molecular formula is C20H28N2O3. The number of rotatable bonds is 6. The zero-order chi connectivity index (χ0) is 18.0. The maximum atomic E-state index is 12.7. The summed E-state index contributed by atoms with van der Waals surface area (Å²) in [6, 6.07) is 5.86. The highest BCUT2D eigenvalue weighted by Crippen LogP contribution is 2.30. The van der Waals surface area contributed by atoms with Crippen molar-refractivity contribution < 1.29 is 14.6 Å². The highest BCUT2D eigenvalue weighted by Gasteiger charge is 2.34. The lowest BCUT2D eigenvalue weighted by Gasteiger charge is -2.28. The number of benzene rings is 1. The molecule has 0 bridgehead atoms. The third-order valence-electron chi connectivity index (χ3n) is 5.66. The van der Waals surface area contributed by atoms with Gasteiger partial charge >= 0.3 is 0 Å². The van der Waals surface area contributed by atoms with Gasteiger partial charge in [0.2, 0.25) is 0 Å². The van der Waals surface area contributed by atoms with E-state index in [1.165, 1.54) is 11.3 Å². The van der Waals surface area contributed by atoms with E-state index in [4.69, 9.17) is 4.74 Å². The summed E-state index contributed by atoms with van der Waals surface area (Å²) in [4.78, 5) is 12.7. The summed E-state index contributed by atoms with van der Waals surface area (Å²) in [6.45, 7) is 5.66. The Hall–Kier alpha value is -1.85. The van der Waals surface area contributed by atoms with Crippen molar-refractivity contribution in [2.24, 2.45) is 0 Å². The molecule has 1 fully saturated rings. The second-order valence-electron chi connectivity index (χ2n) is 7.19. The quantitative estimate of drug-likeness (QED) is 0.847. The Kier molecular flexibility index (Phi) is 5.16. The topological polar surface area (TPSA) is 63.5 Å². The van der Waals surface area contributed by atoms with Crippen molar-refractivity contribution in [3.63, 3.8) is 0 Å². The zero-order valence-electron chi connectivity index (χ0n) is 15.4. The molecule has 5 heteroatoms. The first-order chi connectivity index (χ1) is 12.0. The molecule has 136 valence electrons. The summed E-state index contributed by atoms with van der Waals surface area (Å²) in [7, 11) is 1.70. The van der Waals surface area contributed by atoms with Crippen LogP contribution in [0.5, 0.6) is 0 Å². The normalized spacial score (nSPS) is 16.5. The molecule has 0 atom stereocenters. The maximum Gasteiger partial charge on any atom is 0.251 e. The monoisotopic (exact) mass is 344 g/mol. The fourth-order valence-corrected chi connectivity index (χ4v) is 3.95. The summed E-state index contributed by atoms with van der Waals surface area (Å²) in [6.07, 6.45) is 3.81. The number of aromatic nitrogens is 1. The third-order valence-corrected chi connectivity index (χ3v) is 5.66. The molecule has 1 saturated carbocycles. The number of nitrogens with one attached hydrogen (secondary N) is 1. The highest BCUT2D eigenvalue weighted by atomic mass is 16.5. The number of nitrogens with zero attached hydrogens (tertiary/aromatic N) is 1. The molecular weight excluding hydrogens is 316 g/mol. The van der Waals surface area contributed by atoms with Crippen molar-refractivity contribution in [2.45, 2.75) is 51.6 Å². The van der Waals surface area contributed by atoms with Gasteiger partial charge in [-0.05, 0) is 50.5 Å². The first kappa shape index (κ1) is 18.0. The fourth-order valence-electron chi connectivity index (χ4n) is 3.95. The summed E-state index contributed by atoms with van der Waals surface area (Å²) >= 11 is 0. The number of carbonyl (C=O) groups excluding carboxylic acids is 1. The molecule has 0 spiro atoms. The number of aryl methyl sites for hydroxylation is 1. The van der Waals surface area contributed by atoms with E-state index < -0.39 is 5.54 Å². The Labute approximate surface area is 149 Å². The third kappa shape index (κ3) is 3.31. The predicted octanol–water partition coefficient (Wildman–Crippen LogP) is 2.94. The lowest BCUT2D eigenvalue weighted by atomic mass is 9.98. The number of methoxy groups -OCH3 is 1. The van der Waals surface area contributed by atoms with Gasteiger partial charge in [-0.2, -0.15) is 0 Å². The first-order valence-corrected chi connectivity index (χ1v) is 9.03. The lowest BCUT2D eigenvalue weighted by Crippen LogP contribution is -2.49. The van der Waals surface area contributed by atoms with Gasteiger partial charge in [-0.25, -0.2) is 0 Å². The Bertz CT molecular complexity index is 773. The van der Waals surface area contributed by atoms with E-state index in [1.807, 2.05) is 18.2 Å². The molecule has 1 aliphatic carbocycles. The van der Waals surface area contributed by atoms with Gasteiger partial charge in [0.1, 0.15) is 0 Å². The molecule has 2 aromatic rings. The van der Waals surface area contributed by atoms with Crippen LogP contribution < -0.4 is 5.32 Å². The van der Waals surface area contributed by atoms with E-state index in [2.05, 4.69) is 23.7 Å². The number of aliphatic hydroxyl groups is 1. The molecule has 2 N–H and O–H groups in total. The van der Waals surface area contributed by atoms with Crippen molar-refractivity contribution in [1.82, 2.24) is 9.88 Å². The fraction of sp³-hybridized carbons (Fsp3) is 0.550. The van der Waals surface area contributed by atoms with E-state index in [0.717, 1.165) is 43.1 Å². The standard InChI is InChI=1S/C20H28N2O3/c1-14-15(2)22(10-11-25-3)18-7-6-16(12-17(14)18)19(24)21-20(13-23)8-4-5-9-20/h6-7,12,23H,4-5,8-11,13H2,1-3H3,(H,21,24). The average molecular weight is 344 g/mol. The van der Waals surface area contributed by atoms with Crippen LogP contribution in [0.2, 0.25) is 0 Å². The largest absolute Gasteiger partial charge is 0.394 e. The number of hydrogen-bond acceptors (Lipinski definition) is 3. The SMILES string of the molecule is COCCn1c(C)c(C)c2cc(C(=O)NC3(CO)CCCC3)ccc21. The van der Waals surface area contributed by atoms with Crippen LogP contribution >= 0.6 is 0 Å². The molecule has 0 unspecified atom stereocenters. The molecule has 0 radical (unpaired) electrons. The summed E-state index contributed by atoms with van der Waals surface area (Å²) in [5.41, 5.74) is 3.73. The minimum Gasteiger partial charge on any atom is -0.394 e. The molecule has 1 aliphatic rings. The minimum atomic E-state index is -0.443. The predicted molar refractivity (Wildman–Crippen MR) is 99.0 cm³/mol. The van der Waals surface area contributed by atoms with E-state index >= 15 is 0 Å². The molecule has 1 amide bonds. The number of aliphatic hydroxyl groups excluding tert-OH is 1. The van der Waals surface area contributed by atoms with Crippen LogP contribution in [0.3, 0.4) is 0 Å². The van der Waals surface area contributed by atoms with Crippen molar-refractivity contribution in [1.29, 1.82) is 0 Å². The van der Waals surface area contributed by atoms with Crippen molar-refractivity contribution in [2.75, 3.05) is 20.3 Å². The van der Waals surface area contributed by atoms with E-state index in [0.29, 0.717) is 12.2 Å². The van der Waals surface area contributed by atoms with Gasteiger partial charge in [0.25, 0.3) is 5.91 Å². The molecule has 5 nitrogen and oxygen atoms in total. The minimum absolute atomic E-state index is 0.00646. The molecule has 0 saturated heterocycles. The van der Waals surface area contributed by atoms with Gasteiger partial charge in [0.05, 0.1) is 18.8 Å². The molecule has 1 aromatic heterocycles. The van der Waals surface area contributed by atoms with Crippen LogP contribution in [0.15, 0.2) is 18.2 Å². The number of carbonyl (C=O) groups is 1. The van der Waals surface area contributed by atoms with Crippen molar-refractivity contribution in [3.8, 4) is 0 Å². The van der Waals surface area contributed by atoms with Gasteiger partial charge in [-0.15, -0.1) is 0 Å². The first-order valence-electron chi connectivity index (χ1n) is 9.03. The Morgan fingerprint density at radius 2 is 2.04 bits per heavy atom. The molecule has 1 aromatic carbocycles. The number of amides is 1. The van der Waals surface area contributed by atoms with Crippen LogP contribution in [0, 0.1) is 13.8 Å². The van der Waals surface area contributed by atoms with Gasteiger partial charge in [0, 0.05) is 35.8 Å². The second-order valence-corrected chi connectivity index (χ2v) is 7.19. The lowest BCUT2D eigenvalue weighted by molar-refractivity contribution is 0.0838. The van der Waals surface area contributed by atoms with Crippen LogP contribution in [-0.4, -0.2) is 41.4 Å².